The van der Waals surface area contributed by atoms with Crippen LogP contribution in [-0.2, 0) is 76.3 Å². The van der Waals surface area contributed by atoms with Gasteiger partial charge in [-0.2, -0.15) is 0 Å². The van der Waals surface area contributed by atoms with Crippen LogP contribution >= 0.6 is 0 Å². The Morgan fingerprint density at radius 3 is 1.64 bits per heavy atom. The quantitative estimate of drug-likeness (QED) is 0.155. The molecule has 0 amide bonds. The first-order chi connectivity index (χ1) is 27.5. The standard InChI is InChI=1S/C41H60O17/c1-23(7-10-31(43)54-20-36(48)51-4)26-8-9-27-39-28(19-30(41(26,27)3)58-35(47)14-12-33(45)56-22-38(50)53-6)40(2)16-15-25(42)17-24(40)18-29(39)57-34(46)13-11-32(44)55-21-37(49)52-5/h23-30,39,42H,7-22H2,1-6H3. The molecule has 4 rings (SSSR count). The van der Waals surface area contributed by atoms with Crippen molar-refractivity contribution in [2.45, 2.75) is 123 Å². The van der Waals surface area contributed by atoms with Crippen LogP contribution in [0.25, 0.3) is 0 Å². The molecule has 0 aromatic heterocycles. The Labute approximate surface area is 338 Å². The molecule has 4 fully saturated rings. The largest absolute Gasteiger partial charge is 0.466 e. The van der Waals surface area contributed by atoms with Crippen LogP contribution < -0.4 is 0 Å². The van der Waals surface area contributed by atoms with E-state index in [0.717, 1.165) is 27.1 Å². The lowest BCUT2D eigenvalue weighted by atomic mass is 9.43. The van der Waals surface area contributed by atoms with Gasteiger partial charge in [0.15, 0.2) is 19.8 Å². The van der Waals surface area contributed by atoms with E-state index in [0.29, 0.717) is 38.5 Å². The average Bonchev–Trinajstić information content (AvgIpc) is 3.57. The fourth-order valence-electron chi connectivity index (χ4n) is 10.6. The van der Waals surface area contributed by atoms with E-state index in [9.17, 15) is 43.5 Å². The van der Waals surface area contributed by atoms with Gasteiger partial charge in [-0.25, -0.2) is 14.4 Å². The third-order valence-corrected chi connectivity index (χ3v) is 13.6. The van der Waals surface area contributed by atoms with E-state index in [-0.39, 0.29) is 73.0 Å². The van der Waals surface area contributed by atoms with Crippen molar-refractivity contribution in [1.29, 1.82) is 0 Å². The lowest BCUT2D eigenvalue weighted by Crippen LogP contribution is -2.63. The second-order valence-electron chi connectivity index (χ2n) is 16.7. The maximum Gasteiger partial charge on any atom is 0.344 e. The number of hydrogen-bond donors (Lipinski definition) is 1. The second-order valence-corrected chi connectivity index (χ2v) is 16.7. The van der Waals surface area contributed by atoms with Gasteiger partial charge in [-0.1, -0.05) is 20.8 Å². The van der Waals surface area contributed by atoms with Crippen molar-refractivity contribution in [3.05, 3.63) is 0 Å². The molecule has 0 aliphatic heterocycles. The lowest BCUT2D eigenvalue weighted by Gasteiger charge is -2.64. The van der Waals surface area contributed by atoms with Gasteiger partial charge in [0.1, 0.15) is 12.2 Å². The van der Waals surface area contributed by atoms with Crippen molar-refractivity contribution in [2.24, 2.45) is 46.3 Å². The molecule has 0 aromatic rings. The molecule has 58 heavy (non-hydrogen) atoms. The van der Waals surface area contributed by atoms with Crippen molar-refractivity contribution < 1.29 is 81.4 Å². The predicted octanol–water partition coefficient (Wildman–Crippen LogP) is 3.17. The average molecular weight is 825 g/mol. The molecule has 17 heteroatoms. The Kier molecular flexibility index (Phi) is 16.5. The summed E-state index contributed by atoms with van der Waals surface area (Å²) in [4.78, 5) is 98.7. The Bertz CT molecular complexity index is 1530. The van der Waals surface area contributed by atoms with Crippen molar-refractivity contribution in [2.75, 3.05) is 41.2 Å². The highest BCUT2D eigenvalue weighted by Gasteiger charge is 2.67. The molecule has 0 radical (unpaired) electrons. The molecule has 0 heterocycles. The minimum atomic E-state index is -0.758. The van der Waals surface area contributed by atoms with Gasteiger partial charge in [-0.05, 0) is 86.4 Å². The number of aliphatic hydroxyl groups is 1. The minimum Gasteiger partial charge on any atom is -0.466 e. The third-order valence-electron chi connectivity index (χ3n) is 13.6. The molecule has 4 saturated carbocycles. The maximum atomic E-state index is 13.6. The molecule has 1 N–H and O–H groups in total. The molecular weight excluding hydrogens is 764 g/mol. The number of ether oxygens (including phenoxy) is 8. The first kappa shape index (κ1) is 46.4. The van der Waals surface area contributed by atoms with E-state index >= 15 is 0 Å². The molecule has 0 bridgehead atoms. The van der Waals surface area contributed by atoms with E-state index in [1.807, 2.05) is 6.92 Å². The van der Waals surface area contributed by atoms with Crippen LogP contribution in [0.5, 0.6) is 0 Å². The fraction of sp³-hybridized carbons (Fsp3) is 0.805. The summed E-state index contributed by atoms with van der Waals surface area (Å²) >= 11 is 0. The van der Waals surface area contributed by atoms with Gasteiger partial charge in [-0.15, -0.1) is 0 Å². The van der Waals surface area contributed by atoms with Crippen LogP contribution in [0, 0.1) is 46.3 Å². The molecule has 326 valence electrons. The van der Waals surface area contributed by atoms with Gasteiger partial charge < -0.3 is 43.0 Å². The van der Waals surface area contributed by atoms with Gasteiger partial charge in [0.05, 0.1) is 53.1 Å². The van der Waals surface area contributed by atoms with Gasteiger partial charge in [0, 0.05) is 17.8 Å². The zero-order chi connectivity index (χ0) is 42.8. The summed E-state index contributed by atoms with van der Waals surface area (Å²) in [6, 6.07) is 0. The van der Waals surface area contributed by atoms with E-state index in [1.165, 1.54) is 7.11 Å². The Morgan fingerprint density at radius 2 is 1.10 bits per heavy atom. The normalized spacial score (nSPS) is 31.4. The smallest absolute Gasteiger partial charge is 0.344 e. The highest BCUT2D eigenvalue weighted by Crippen LogP contribution is 2.69. The number of fused-ring (bicyclic) bond motifs is 5. The summed E-state index contributed by atoms with van der Waals surface area (Å²) in [5, 5.41) is 10.8. The maximum absolute atomic E-state index is 13.6. The van der Waals surface area contributed by atoms with Crippen LogP contribution in [0.2, 0.25) is 0 Å². The summed E-state index contributed by atoms with van der Waals surface area (Å²) < 4.78 is 41.1. The number of rotatable bonds is 18. The summed E-state index contributed by atoms with van der Waals surface area (Å²) in [7, 11) is 3.53. The monoisotopic (exact) mass is 824 g/mol. The van der Waals surface area contributed by atoms with Crippen molar-refractivity contribution >= 4 is 47.8 Å². The second kappa shape index (κ2) is 20.6. The van der Waals surface area contributed by atoms with Gasteiger partial charge in [0.2, 0.25) is 0 Å². The topological polar surface area (TPSA) is 231 Å². The summed E-state index contributed by atoms with van der Waals surface area (Å²) in [5.41, 5.74) is -0.960. The van der Waals surface area contributed by atoms with E-state index in [4.69, 9.17) is 23.7 Å². The summed E-state index contributed by atoms with van der Waals surface area (Å²) in [6.45, 7) is 4.70. The Morgan fingerprint density at radius 1 is 0.603 bits per heavy atom. The molecule has 0 aromatic carbocycles. The molecule has 0 saturated heterocycles. The molecular formula is C41H60O17. The number of methoxy groups -OCH3 is 3. The number of carbonyl (C=O) groups is 8. The molecule has 17 nitrogen and oxygen atoms in total. The number of esters is 8. The van der Waals surface area contributed by atoms with E-state index in [2.05, 4.69) is 28.1 Å². The lowest BCUT2D eigenvalue weighted by molar-refractivity contribution is -0.225. The van der Waals surface area contributed by atoms with Gasteiger partial charge in [0.25, 0.3) is 0 Å². The third kappa shape index (κ3) is 11.3. The van der Waals surface area contributed by atoms with Crippen molar-refractivity contribution in [3.63, 3.8) is 0 Å². The first-order valence-electron chi connectivity index (χ1n) is 20.2. The number of hydrogen-bond acceptors (Lipinski definition) is 17. The highest BCUT2D eigenvalue weighted by atomic mass is 16.6. The van der Waals surface area contributed by atoms with Crippen molar-refractivity contribution in [3.8, 4) is 0 Å². The van der Waals surface area contributed by atoms with Crippen LogP contribution in [0.15, 0.2) is 0 Å². The van der Waals surface area contributed by atoms with Gasteiger partial charge in [-0.3, -0.25) is 24.0 Å². The molecule has 11 atom stereocenters. The molecule has 0 spiro atoms. The van der Waals surface area contributed by atoms with E-state index < -0.39 is 91.3 Å². The zero-order valence-corrected chi connectivity index (χ0v) is 34.5. The molecule has 11 unspecified atom stereocenters. The van der Waals surface area contributed by atoms with Crippen LogP contribution in [0.4, 0.5) is 0 Å². The Balaban J connectivity index is 1.61. The van der Waals surface area contributed by atoms with Crippen LogP contribution in [0.1, 0.15) is 104 Å². The van der Waals surface area contributed by atoms with Crippen molar-refractivity contribution in [1.82, 2.24) is 0 Å². The predicted molar refractivity (Wildman–Crippen MR) is 198 cm³/mol. The summed E-state index contributed by atoms with van der Waals surface area (Å²) in [5.74, 6) is -5.91. The van der Waals surface area contributed by atoms with Gasteiger partial charge >= 0.3 is 47.8 Å². The summed E-state index contributed by atoms with van der Waals surface area (Å²) in [6.07, 6.45) is 1.79. The Hall–Kier alpha value is -4.28. The number of carbonyl (C=O) groups excluding carboxylic acids is 8. The highest BCUT2D eigenvalue weighted by molar-refractivity contribution is 5.81. The van der Waals surface area contributed by atoms with E-state index in [1.54, 1.807) is 0 Å². The minimum absolute atomic E-state index is 0.0160. The number of aliphatic hydroxyl groups excluding tert-OH is 1. The SMILES string of the molecule is COC(=O)COC(=O)CCC(=O)OC1CC2CC(O)CCC2(C)C2CC(OC(=O)CCC(=O)OCC(=O)OC)C3(C)C(C(C)CCC(=O)OCC(=O)OC)CCC3C12. The van der Waals surface area contributed by atoms with Crippen LogP contribution in [0.3, 0.4) is 0 Å². The first-order valence-corrected chi connectivity index (χ1v) is 20.2. The fourth-order valence-corrected chi connectivity index (χ4v) is 10.6. The zero-order valence-electron chi connectivity index (χ0n) is 34.5. The molecule has 4 aliphatic carbocycles. The van der Waals surface area contributed by atoms with Crippen LogP contribution in [-0.4, -0.2) is 112 Å². The molecule has 4 aliphatic rings.